The number of carbonyl (C=O) groups excluding carboxylic acids is 1. The zero-order valence-corrected chi connectivity index (χ0v) is 16.8. The monoisotopic (exact) mass is 418 g/mol. The molecule has 160 valence electrons. The van der Waals surface area contributed by atoms with Crippen molar-refractivity contribution in [3.05, 3.63) is 71.3 Å². The molecule has 1 aliphatic heterocycles. The van der Waals surface area contributed by atoms with Crippen molar-refractivity contribution in [2.75, 3.05) is 0 Å². The summed E-state index contributed by atoms with van der Waals surface area (Å²) in [6.07, 6.45) is -1.63. The molecule has 0 aliphatic carbocycles. The number of unbranched alkanes of at least 4 members (excludes halogenated alkanes) is 2. The number of rotatable bonds is 7. The fraction of sp³-hybridized carbons (Fsp3) is 0.391. The lowest BCUT2D eigenvalue weighted by Gasteiger charge is -2.31. The van der Waals surface area contributed by atoms with E-state index >= 15 is 0 Å². The van der Waals surface area contributed by atoms with Crippen LogP contribution in [0.25, 0.3) is 0 Å². The van der Waals surface area contributed by atoms with E-state index in [0.29, 0.717) is 10.6 Å². The fourth-order valence-electron chi connectivity index (χ4n) is 3.55. The molecule has 1 aliphatic rings. The number of aliphatic hydroxyl groups is 1. The SMILES string of the molecule is CCCCCc1ccc(C2(O)CC(C(F)(F)F)=NN2C(=O)Cc2ccccc2)cc1. The van der Waals surface area contributed by atoms with E-state index in [1.165, 1.54) is 0 Å². The summed E-state index contributed by atoms with van der Waals surface area (Å²) in [6, 6.07) is 15.4. The average molecular weight is 418 g/mol. The number of halogens is 3. The Morgan fingerprint density at radius 3 is 2.33 bits per heavy atom. The molecule has 4 nitrogen and oxygen atoms in total. The molecule has 0 fully saturated rings. The first-order valence-corrected chi connectivity index (χ1v) is 10.1. The molecule has 2 aromatic carbocycles. The zero-order valence-electron chi connectivity index (χ0n) is 16.8. The van der Waals surface area contributed by atoms with E-state index < -0.39 is 29.9 Å². The van der Waals surface area contributed by atoms with Gasteiger partial charge in [0.1, 0.15) is 5.71 Å². The molecule has 7 heteroatoms. The molecular formula is C23H25F3N2O2. The Kier molecular flexibility index (Phi) is 6.61. The maximum atomic E-state index is 13.3. The number of aryl methyl sites for hydroxylation is 1. The van der Waals surface area contributed by atoms with Crippen LogP contribution in [0.4, 0.5) is 13.2 Å². The van der Waals surface area contributed by atoms with Gasteiger partial charge in [0.15, 0.2) is 5.72 Å². The quantitative estimate of drug-likeness (QED) is 0.647. The van der Waals surface area contributed by atoms with Crippen molar-refractivity contribution in [1.29, 1.82) is 0 Å². The van der Waals surface area contributed by atoms with E-state index in [9.17, 15) is 23.1 Å². The van der Waals surface area contributed by atoms with Crippen molar-refractivity contribution in [2.24, 2.45) is 5.10 Å². The maximum absolute atomic E-state index is 13.3. The molecule has 3 rings (SSSR count). The van der Waals surface area contributed by atoms with E-state index in [4.69, 9.17) is 0 Å². The Morgan fingerprint density at radius 2 is 1.73 bits per heavy atom. The van der Waals surface area contributed by atoms with E-state index in [1.54, 1.807) is 54.6 Å². The van der Waals surface area contributed by atoms with Crippen molar-refractivity contribution in [3.8, 4) is 0 Å². The largest absolute Gasteiger partial charge is 0.431 e. The topological polar surface area (TPSA) is 52.9 Å². The molecule has 0 aromatic heterocycles. The highest BCUT2D eigenvalue weighted by atomic mass is 19.4. The average Bonchev–Trinajstić information content (AvgIpc) is 3.09. The second-order valence-electron chi connectivity index (χ2n) is 7.56. The molecule has 1 heterocycles. The Bertz CT molecular complexity index is 895. The number of hydrogen-bond acceptors (Lipinski definition) is 3. The fourth-order valence-corrected chi connectivity index (χ4v) is 3.55. The van der Waals surface area contributed by atoms with Crippen molar-refractivity contribution in [2.45, 2.75) is 57.3 Å². The predicted octanol–water partition coefficient (Wildman–Crippen LogP) is 4.96. The smallest absolute Gasteiger partial charge is 0.365 e. The van der Waals surface area contributed by atoms with Gasteiger partial charge in [-0.3, -0.25) is 4.79 Å². The third-order valence-corrected chi connectivity index (χ3v) is 5.23. The van der Waals surface area contributed by atoms with Gasteiger partial charge in [0.2, 0.25) is 5.91 Å². The summed E-state index contributed by atoms with van der Waals surface area (Å²) in [5.41, 5.74) is -1.46. The number of alkyl halides is 3. The van der Waals surface area contributed by atoms with Crippen LogP contribution in [0.1, 0.15) is 49.3 Å². The van der Waals surface area contributed by atoms with Crippen LogP contribution in [0, 0.1) is 0 Å². The van der Waals surface area contributed by atoms with Crippen LogP contribution >= 0.6 is 0 Å². The highest BCUT2D eigenvalue weighted by Gasteiger charge is 2.52. The van der Waals surface area contributed by atoms with Crippen LogP contribution in [0.15, 0.2) is 59.7 Å². The third-order valence-electron chi connectivity index (χ3n) is 5.23. The zero-order chi connectivity index (χ0) is 21.8. The van der Waals surface area contributed by atoms with Gasteiger partial charge in [-0.1, -0.05) is 74.4 Å². The minimum atomic E-state index is -4.73. The van der Waals surface area contributed by atoms with E-state index in [2.05, 4.69) is 12.0 Å². The molecule has 0 bridgehead atoms. The van der Waals surface area contributed by atoms with Gasteiger partial charge in [-0.2, -0.15) is 23.3 Å². The summed E-state index contributed by atoms with van der Waals surface area (Å²) in [4.78, 5) is 12.8. The van der Waals surface area contributed by atoms with E-state index in [-0.39, 0.29) is 12.0 Å². The third kappa shape index (κ3) is 4.90. The van der Waals surface area contributed by atoms with Crippen LogP contribution in [-0.2, 0) is 23.4 Å². The molecule has 2 aromatic rings. The van der Waals surface area contributed by atoms with E-state index in [1.807, 2.05) is 0 Å². The number of benzene rings is 2. The van der Waals surface area contributed by atoms with Crippen LogP contribution in [0.3, 0.4) is 0 Å². The van der Waals surface area contributed by atoms with Crippen molar-refractivity contribution < 1.29 is 23.1 Å². The predicted molar refractivity (Wildman–Crippen MR) is 109 cm³/mol. The molecule has 0 radical (unpaired) electrons. The molecule has 0 saturated heterocycles. The summed E-state index contributed by atoms with van der Waals surface area (Å²) in [6.45, 7) is 2.11. The van der Waals surface area contributed by atoms with Gasteiger partial charge in [-0.25, -0.2) is 0 Å². The highest BCUT2D eigenvalue weighted by Crippen LogP contribution is 2.40. The van der Waals surface area contributed by atoms with Crippen LogP contribution in [0.5, 0.6) is 0 Å². The van der Waals surface area contributed by atoms with Gasteiger partial charge < -0.3 is 5.11 Å². The van der Waals surface area contributed by atoms with Crippen molar-refractivity contribution >= 4 is 11.6 Å². The first kappa shape index (κ1) is 22.0. The molecule has 0 saturated carbocycles. The van der Waals surface area contributed by atoms with Gasteiger partial charge in [-0.05, 0) is 24.0 Å². The van der Waals surface area contributed by atoms with Crippen molar-refractivity contribution in [3.63, 3.8) is 0 Å². The molecule has 1 atom stereocenters. The van der Waals surface area contributed by atoms with Gasteiger partial charge in [0, 0.05) is 5.56 Å². The second kappa shape index (κ2) is 9.00. The maximum Gasteiger partial charge on any atom is 0.431 e. The molecule has 1 N–H and O–H groups in total. The highest BCUT2D eigenvalue weighted by molar-refractivity contribution is 5.95. The molecular weight excluding hydrogens is 393 g/mol. The summed E-state index contributed by atoms with van der Waals surface area (Å²) in [7, 11) is 0. The normalized spacial score (nSPS) is 19.1. The molecule has 30 heavy (non-hydrogen) atoms. The van der Waals surface area contributed by atoms with Gasteiger partial charge in [0.05, 0.1) is 12.8 Å². The second-order valence-corrected chi connectivity index (χ2v) is 7.56. The lowest BCUT2D eigenvalue weighted by Crippen LogP contribution is -2.44. The Hall–Kier alpha value is -2.67. The molecule has 0 spiro atoms. The summed E-state index contributed by atoms with van der Waals surface area (Å²) >= 11 is 0. The molecule has 1 amide bonds. The molecule has 1 unspecified atom stereocenters. The summed E-state index contributed by atoms with van der Waals surface area (Å²) in [5, 5.41) is 15.3. The number of carbonyl (C=O) groups is 1. The number of nitrogens with zero attached hydrogens (tertiary/aromatic N) is 2. The lowest BCUT2D eigenvalue weighted by atomic mass is 9.94. The number of amides is 1. The first-order valence-electron chi connectivity index (χ1n) is 10.1. The van der Waals surface area contributed by atoms with Gasteiger partial charge >= 0.3 is 6.18 Å². The van der Waals surface area contributed by atoms with Crippen LogP contribution < -0.4 is 0 Å². The van der Waals surface area contributed by atoms with Crippen LogP contribution in [-0.4, -0.2) is 27.9 Å². The first-order chi connectivity index (χ1) is 14.2. The summed E-state index contributed by atoms with van der Waals surface area (Å²) < 4.78 is 40.0. The minimum Gasteiger partial charge on any atom is -0.365 e. The number of hydrogen-bond donors (Lipinski definition) is 1. The van der Waals surface area contributed by atoms with Crippen molar-refractivity contribution in [1.82, 2.24) is 5.01 Å². The number of hydrazone groups is 1. The Labute approximate surface area is 174 Å². The standard InChI is InChI=1S/C23H25F3N2O2/c1-2-3-5-8-17-11-13-19(14-12-17)22(30)16-20(23(24,25)26)27-28(22)21(29)15-18-9-6-4-7-10-18/h4,6-7,9-14,30H,2-3,5,8,15-16H2,1H3. The van der Waals surface area contributed by atoms with Crippen LogP contribution in [0.2, 0.25) is 0 Å². The van der Waals surface area contributed by atoms with Gasteiger partial charge in [-0.15, -0.1) is 0 Å². The lowest BCUT2D eigenvalue weighted by molar-refractivity contribution is -0.157. The minimum absolute atomic E-state index is 0.160. The summed E-state index contributed by atoms with van der Waals surface area (Å²) in [5.74, 6) is -0.699. The Morgan fingerprint density at radius 1 is 1.07 bits per heavy atom. The van der Waals surface area contributed by atoms with E-state index in [0.717, 1.165) is 31.2 Å². The van der Waals surface area contributed by atoms with Gasteiger partial charge in [0.25, 0.3) is 0 Å². The Balaban J connectivity index is 1.87.